The number of amides is 2. The number of piperidine rings is 1. The van der Waals surface area contributed by atoms with Gasteiger partial charge in [0, 0.05) is 26.1 Å². The van der Waals surface area contributed by atoms with Crippen molar-refractivity contribution in [3.8, 4) is 0 Å². The van der Waals surface area contributed by atoms with Crippen LogP contribution in [-0.2, 0) is 16.0 Å². The van der Waals surface area contributed by atoms with Crippen LogP contribution in [0.5, 0.6) is 0 Å². The zero-order chi connectivity index (χ0) is 19.5. The van der Waals surface area contributed by atoms with Gasteiger partial charge < -0.3 is 9.80 Å². The quantitative estimate of drug-likeness (QED) is 0.781. The van der Waals surface area contributed by atoms with E-state index in [2.05, 4.69) is 0 Å². The molecule has 3 rings (SSSR count). The van der Waals surface area contributed by atoms with Crippen LogP contribution in [-0.4, -0.2) is 53.0 Å². The predicted molar refractivity (Wildman–Crippen MR) is 94.9 cm³/mol. The number of benzene rings is 1. The van der Waals surface area contributed by atoms with E-state index < -0.39 is 30.5 Å². The Morgan fingerprint density at radius 2 is 1.74 bits per heavy atom. The van der Waals surface area contributed by atoms with Crippen molar-refractivity contribution < 1.29 is 22.8 Å². The van der Waals surface area contributed by atoms with E-state index >= 15 is 0 Å². The number of rotatable bonds is 5. The van der Waals surface area contributed by atoms with Gasteiger partial charge in [-0.15, -0.1) is 0 Å². The maximum absolute atomic E-state index is 13.2. The molecular weight excluding hydrogens is 357 g/mol. The minimum Gasteiger partial charge on any atom is -0.340 e. The molecule has 1 atom stereocenters. The van der Waals surface area contributed by atoms with Crippen LogP contribution in [0.2, 0.25) is 0 Å². The fraction of sp³-hybridized carbons (Fsp3) is 0.600. The van der Waals surface area contributed by atoms with Crippen molar-refractivity contribution in [1.29, 1.82) is 0 Å². The molecule has 0 bridgehead atoms. The summed E-state index contributed by atoms with van der Waals surface area (Å²) in [6.07, 6.45) is -2.82. The van der Waals surface area contributed by atoms with Crippen LogP contribution >= 0.6 is 0 Å². The van der Waals surface area contributed by atoms with Gasteiger partial charge in [0.2, 0.25) is 11.8 Å². The highest BCUT2D eigenvalue weighted by Gasteiger charge is 2.52. The van der Waals surface area contributed by atoms with E-state index in [0.717, 1.165) is 18.4 Å². The monoisotopic (exact) mass is 382 g/mol. The lowest BCUT2D eigenvalue weighted by atomic mass is 9.85. The molecule has 0 radical (unpaired) electrons. The number of alkyl halides is 3. The molecule has 1 unspecified atom stereocenters. The lowest BCUT2D eigenvalue weighted by Crippen LogP contribution is -2.61. The molecule has 2 saturated heterocycles. The van der Waals surface area contributed by atoms with Gasteiger partial charge in [0.05, 0.1) is 6.42 Å². The van der Waals surface area contributed by atoms with Crippen molar-refractivity contribution in [2.75, 3.05) is 19.6 Å². The zero-order valence-electron chi connectivity index (χ0n) is 15.3. The Hall–Kier alpha value is -2.05. The second-order valence-electron chi connectivity index (χ2n) is 7.43. The summed E-state index contributed by atoms with van der Waals surface area (Å²) in [6.45, 7) is 1.57. The van der Waals surface area contributed by atoms with Gasteiger partial charge in [-0.2, -0.15) is 13.2 Å². The normalized spacial score (nSPS) is 23.3. The Morgan fingerprint density at radius 3 is 2.41 bits per heavy atom. The Balaban J connectivity index is 1.67. The highest BCUT2D eigenvalue weighted by Crippen LogP contribution is 2.39. The first-order valence-corrected chi connectivity index (χ1v) is 9.52. The van der Waals surface area contributed by atoms with Gasteiger partial charge in [0.1, 0.15) is 5.54 Å². The van der Waals surface area contributed by atoms with E-state index in [1.54, 1.807) is 4.90 Å². The van der Waals surface area contributed by atoms with Gasteiger partial charge in [-0.25, -0.2) is 0 Å². The summed E-state index contributed by atoms with van der Waals surface area (Å²) in [6, 6.07) is 9.85. The third-order valence-corrected chi connectivity index (χ3v) is 5.63. The summed E-state index contributed by atoms with van der Waals surface area (Å²) < 4.78 is 37.5. The fourth-order valence-electron chi connectivity index (χ4n) is 4.30. The molecule has 4 nitrogen and oxygen atoms in total. The van der Waals surface area contributed by atoms with Crippen molar-refractivity contribution in [3.63, 3.8) is 0 Å². The second kappa shape index (κ2) is 7.90. The van der Waals surface area contributed by atoms with Crippen LogP contribution in [0, 0.1) is 0 Å². The molecule has 0 aromatic heterocycles. The molecule has 1 aromatic carbocycles. The first-order valence-electron chi connectivity index (χ1n) is 9.52. The maximum atomic E-state index is 13.2. The van der Waals surface area contributed by atoms with E-state index in [0.29, 0.717) is 38.9 Å². The zero-order valence-corrected chi connectivity index (χ0v) is 15.3. The van der Waals surface area contributed by atoms with Crippen LogP contribution in [0.1, 0.15) is 44.1 Å². The minimum absolute atomic E-state index is 0.0949. The highest BCUT2D eigenvalue weighted by molar-refractivity contribution is 5.92. The van der Waals surface area contributed by atoms with Crippen LogP contribution in [0.4, 0.5) is 13.2 Å². The molecule has 0 saturated carbocycles. The molecule has 148 valence electrons. The molecule has 0 N–H and O–H groups in total. The minimum atomic E-state index is -4.36. The van der Waals surface area contributed by atoms with Gasteiger partial charge in [0.25, 0.3) is 0 Å². The van der Waals surface area contributed by atoms with Crippen LogP contribution in [0.3, 0.4) is 0 Å². The summed E-state index contributed by atoms with van der Waals surface area (Å²) in [5.41, 5.74) is 0.201. The number of halogens is 3. The van der Waals surface area contributed by atoms with Gasteiger partial charge in [-0.05, 0) is 37.7 Å². The molecule has 1 aromatic rings. The van der Waals surface area contributed by atoms with Crippen molar-refractivity contribution in [1.82, 2.24) is 9.80 Å². The average Bonchev–Trinajstić information content (AvgIpc) is 3.06. The molecule has 2 aliphatic heterocycles. The second-order valence-corrected chi connectivity index (χ2v) is 7.43. The summed E-state index contributed by atoms with van der Waals surface area (Å²) in [7, 11) is 0. The highest BCUT2D eigenvalue weighted by atomic mass is 19.4. The van der Waals surface area contributed by atoms with Crippen LogP contribution in [0.15, 0.2) is 30.3 Å². The molecule has 2 amide bonds. The third-order valence-electron chi connectivity index (χ3n) is 5.63. The van der Waals surface area contributed by atoms with E-state index in [-0.39, 0.29) is 5.91 Å². The standard InChI is InChI=1S/C20H25F3N2O2/c21-20(22,23)12-8-17(26)25-14-5-11-19(25)10-4-13-24(18(19)27)15-9-16-6-2-1-3-7-16/h1-3,6-7H,4-5,8-15H2. The molecule has 7 heteroatoms. The lowest BCUT2D eigenvalue weighted by molar-refractivity contribution is -0.160. The van der Waals surface area contributed by atoms with Crippen LogP contribution < -0.4 is 0 Å². The molecular formula is C20H25F3N2O2. The molecule has 27 heavy (non-hydrogen) atoms. The van der Waals surface area contributed by atoms with Gasteiger partial charge in [0.15, 0.2) is 0 Å². The van der Waals surface area contributed by atoms with Crippen molar-refractivity contribution in [2.24, 2.45) is 0 Å². The van der Waals surface area contributed by atoms with Crippen molar-refractivity contribution in [3.05, 3.63) is 35.9 Å². The van der Waals surface area contributed by atoms with Gasteiger partial charge in [-0.3, -0.25) is 9.59 Å². The number of hydrogen-bond acceptors (Lipinski definition) is 2. The van der Waals surface area contributed by atoms with E-state index in [9.17, 15) is 22.8 Å². The van der Waals surface area contributed by atoms with Crippen LogP contribution in [0.25, 0.3) is 0 Å². The number of nitrogens with zero attached hydrogens (tertiary/aromatic N) is 2. The van der Waals surface area contributed by atoms with Gasteiger partial charge in [-0.1, -0.05) is 30.3 Å². The number of carbonyl (C=O) groups is 2. The first kappa shape index (κ1) is 19.7. The Kier molecular flexibility index (Phi) is 5.77. The molecule has 0 aliphatic carbocycles. The van der Waals surface area contributed by atoms with E-state index in [4.69, 9.17) is 0 Å². The molecule has 2 heterocycles. The Bertz CT molecular complexity index is 678. The first-order chi connectivity index (χ1) is 12.8. The largest absolute Gasteiger partial charge is 0.389 e. The molecule has 2 aliphatic rings. The van der Waals surface area contributed by atoms with Crippen molar-refractivity contribution >= 4 is 11.8 Å². The van der Waals surface area contributed by atoms with E-state index in [1.165, 1.54) is 4.90 Å². The van der Waals surface area contributed by atoms with Gasteiger partial charge >= 0.3 is 6.18 Å². The fourth-order valence-corrected chi connectivity index (χ4v) is 4.30. The predicted octanol–water partition coefficient (Wildman–Crippen LogP) is 3.56. The smallest absolute Gasteiger partial charge is 0.340 e. The Morgan fingerprint density at radius 1 is 1.07 bits per heavy atom. The maximum Gasteiger partial charge on any atom is 0.389 e. The number of carbonyl (C=O) groups excluding carboxylic acids is 2. The lowest BCUT2D eigenvalue weighted by Gasteiger charge is -2.44. The Labute approximate surface area is 157 Å². The SMILES string of the molecule is O=C(CCC(F)(F)F)N1CCCC12CCCN(CCc1ccccc1)C2=O. The summed E-state index contributed by atoms with van der Waals surface area (Å²) in [5.74, 6) is -0.648. The number of likely N-dealkylation sites (tertiary alicyclic amines) is 2. The summed E-state index contributed by atoms with van der Waals surface area (Å²) in [4.78, 5) is 28.9. The van der Waals surface area contributed by atoms with E-state index in [1.807, 2.05) is 30.3 Å². The average molecular weight is 382 g/mol. The summed E-state index contributed by atoms with van der Waals surface area (Å²) in [5, 5.41) is 0. The number of hydrogen-bond donors (Lipinski definition) is 0. The molecule has 2 fully saturated rings. The molecule has 1 spiro atoms. The topological polar surface area (TPSA) is 40.6 Å². The van der Waals surface area contributed by atoms with Crippen molar-refractivity contribution in [2.45, 2.75) is 56.7 Å². The third kappa shape index (κ3) is 4.45. The summed E-state index contributed by atoms with van der Waals surface area (Å²) >= 11 is 0.